The van der Waals surface area contributed by atoms with Crippen LogP contribution in [0.1, 0.15) is 6.23 Å². The Balaban J connectivity index is 2.19. The van der Waals surface area contributed by atoms with E-state index in [0.29, 0.717) is 16.7 Å². The van der Waals surface area contributed by atoms with Crippen molar-refractivity contribution in [3.8, 4) is 0 Å². The second-order valence-electron chi connectivity index (χ2n) is 4.56. The smallest absolute Gasteiger partial charge is 0.205 e. The minimum absolute atomic E-state index is 0.0979. The number of aromatic nitrogens is 4. The number of imidazole rings is 1. The molecule has 1 fully saturated rings. The number of hydrogen-bond acceptors (Lipinski definition) is 8. The molecule has 0 saturated carbocycles. The first-order chi connectivity index (χ1) is 10.1. The first-order valence-corrected chi connectivity index (χ1v) is 6.16. The van der Waals surface area contributed by atoms with Crippen molar-refractivity contribution in [1.82, 2.24) is 19.5 Å². The molecule has 9 heteroatoms. The van der Waals surface area contributed by atoms with E-state index in [1.807, 2.05) is 0 Å². The van der Waals surface area contributed by atoms with Gasteiger partial charge in [-0.05, 0) is 0 Å². The van der Waals surface area contributed by atoms with Crippen LogP contribution in [0, 0.1) is 0 Å². The molecule has 9 nitrogen and oxygen atoms in total. The molecule has 0 bridgehead atoms. The van der Waals surface area contributed by atoms with Gasteiger partial charge in [0.1, 0.15) is 18.5 Å². The van der Waals surface area contributed by atoms with Crippen molar-refractivity contribution in [3.63, 3.8) is 0 Å². The summed E-state index contributed by atoms with van der Waals surface area (Å²) in [5, 5.41) is 19.3. The van der Waals surface area contributed by atoms with Crippen molar-refractivity contribution in [1.29, 1.82) is 0 Å². The van der Waals surface area contributed by atoms with Gasteiger partial charge in [-0.25, -0.2) is 15.0 Å². The van der Waals surface area contributed by atoms with Gasteiger partial charge in [0.25, 0.3) is 0 Å². The fourth-order valence-electron chi connectivity index (χ4n) is 2.37. The molecule has 0 amide bonds. The fraction of sp³-hybridized carbons (Fsp3) is 0.333. The zero-order chi connectivity index (χ0) is 15.1. The number of nitrogen functional groups attached to an aromatic ring is 2. The van der Waals surface area contributed by atoms with Gasteiger partial charge in [0.2, 0.25) is 5.95 Å². The van der Waals surface area contributed by atoms with E-state index in [9.17, 15) is 10.2 Å². The molecule has 2 aromatic heterocycles. The Kier molecular flexibility index (Phi) is 3.11. The van der Waals surface area contributed by atoms with Gasteiger partial charge in [-0.3, -0.25) is 4.57 Å². The first kappa shape index (κ1) is 13.5. The molecule has 110 valence electrons. The van der Waals surface area contributed by atoms with Gasteiger partial charge in [0.05, 0.1) is 12.2 Å². The second-order valence-corrected chi connectivity index (χ2v) is 4.56. The molecular formula is C12H14N6O3. The van der Waals surface area contributed by atoms with Crippen LogP contribution < -0.4 is 11.5 Å². The Bertz CT molecular complexity index is 751. The highest BCUT2D eigenvalue weighted by molar-refractivity contribution is 5.83. The summed E-state index contributed by atoms with van der Waals surface area (Å²) in [5.74, 6) is 0.285. The fourth-order valence-corrected chi connectivity index (χ4v) is 2.37. The highest BCUT2D eigenvalue weighted by Crippen LogP contribution is 2.37. The molecule has 0 unspecified atom stereocenters. The molecule has 21 heavy (non-hydrogen) atoms. The minimum Gasteiger partial charge on any atom is -0.394 e. The van der Waals surface area contributed by atoms with E-state index in [1.165, 1.54) is 10.9 Å². The molecule has 2 aromatic rings. The molecule has 0 radical (unpaired) electrons. The summed E-state index contributed by atoms with van der Waals surface area (Å²) in [6, 6.07) is 0. The molecule has 6 N–H and O–H groups in total. The lowest BCUT2D eigenvalue weighted by atomic mass is 10.1. The third kappa shape index (κ3) is 1.88. The Morgan fingerprint density at radius 1 is 1.43 bits per heavy atom. The summed E-state index contributed by atoms with van der Waals surface area (Å²) in [6.45, 7) is 3.18. The molecule has 3 atom stereocenters. The lowest BCUT2D eigenvalue weighted by molar-refractivity contribution is -0.0416. The summed E-state index contributed by atoms with van der Waals surface area (Å²) < 4.78 is 7.06. The largest absolute Gasteiger partial charge is 0.394 e. The number of nitrogens with zero attached hydrogens (tertiary/aromatic N) is 4. The lowest BCUT2D eigenvalue weighted by Gasteiger charge is -2.15. The van der Waals surface area contributed by atoms with Crippen molar-refractivity contribution >= 4 is 22.9 Å². The van der Waals surface area contributed by atoms with Gasteiger partial charge in [-0.2, -0.15) is 0 Å². The van der Waals surface area contributed by atoms with E-state index in [0.717, 1.165) is 0 Å². The Labute approximate surface area is 119 Å². The quantitative estimate of drug-likeness (QED) is 0.513. The van der Waals surface area contributed by atoms with E-state index < -0.39 is 18.4 Å². The first-order valence-electron chi connectivity index (χ1n) is 6.16. The number of anilines is 2. The van der Waals surface area contributed by atoms with Gasteiger partial charge in [-0.15, -0.1) is 5.73 Å². The zero-order valence-electron chi connectivity index (χ0n) is 11.0. The van der Waals surface area contributed by atoms with Crippen LogP contribution in [0.2, 0.25) is 0 Å². The monoisotopic (exact) mass is 290 g/mol. The molecule has 0 spiro atoms. The maximum Gasteiger partial charge on any atom is 0.205 e. The van der Waals surface area contributed by atoms with Crippen molar-refractivity contribution in [2.75, 3.05) is 18.1 Å². The Morgan fingerprint density at radius 2 is 2.19 bits per heavy atom. The molecule has 1 aliphatic rings. The van der Waals surface area contributed by atoms with Crippen molar-refractivity contribution in [3.05, 3.63) is 24.2 Å². The highest BCUT2D eigenvalue weighted by Gasteiger charge is 2.41. The maximum atomic E-state index is 10.1. The summed E-state index contributed by atoms with van der Waals surface area (Å²) in [4.78, 5) is 12.0. The molecule has 0 aliphatic carbocycles. The van der Waals surface area contributed by atoms with E-state index >= 15 is 0 Å². The van der Waals surface area contributed by atoms with E-state index in [-0.39, 0.29) is 18.4 Å². The van der Waals surface area contributed by atoms with Crippen LogP contribution in [0.25, 0.3) is 11.2 Å². The molecule has 1 saturated heterocycles. The van der Waals surface area contributed by atoms with Crippen molar-refractivity contribution in [2.24, 2.45) is 0 Å². The zero-order valence-corrected chi connectivity index (χ0v) is 11.0. The predicted octanol–water partition coefficient (Wildman–Crippen LogP) is -1.05. The number of aliphatic hydroxyl groups is 2. The summed E-state index contributed by atoms with van der Waals surface area (Å²) in [5.41, 5.74) is 15.3. The SMILES string of the molecule is C=C=C1[C@H](n2c(N)nc3c(N)ncnc32)O[C@H](CO)[C@H]1O. The summed E-state index contributed by atoms with van der Waals surface area (Å²) >= 11 is 0. The van der Waals surface area contributed by atoms with Gasteiger partial charge in [-0.1, -0.05) is 6.58 Å². The standard InChI is InChI=1S/C12H14N6O3/c1-2-5-8(20)6(3-19)21-11(5)18-10-7(17-12(18)14)9(13)15-4-16-10/h4,6,8,11,19-20H,1,3H2,(H2,14,17)(H2,13,15,16)/t6-,8+,11-/m1/s1. The van der Waals surface area contributed by atoms with Crippen LogP contribution in [0.4, 0.5) is 11.8 Å². The molecule has 1 aliphatic heterocycles. The van der Waals surface area contributed by atoms with Gasteiger partial charge in [0, 0.05) is 0 Å². The topological polar surface area (TPSA) is 145 Å². The second kappa shape index (κ2) is 4.83. The molecular weight excluding hydrogens is 276 g/mol. The third-order valence-corrected chi connectivity index (χ3v) is 3.39. The molecule has 3 rings (SSSR count). The molecule has 3 heterocycles. The average Bonchev–Trinajstić information content (AvgIpc) is 2.96. The third-order valence-electron chi connectivity index (χ3n) is 3.39. The average molecular weight is 290 g/mol. The Morgan fingerprint density at radius 3 is 2.86 bits per heavy atom. The summed E-state index contributed by atoms with van der Waals surface area (Å²) in [6.07, 6.45) is -1.36. The van der Waals surface area contributed by atoms with Crippen LogP contribution in [-0.2, 0) is 4.74 Å². The van der Waals surface area contributed by atoms with Crippen LogP contribution >= 0.6 is 0 Å². The lowest BCUT2D eigenvalue weighted by Crippen LogP contribution is -2.25. The number of fused-ring (bicyclic) bond motifs is 1. The summed E-state index contributed by atoms with van der Waals surface area (Å²) in [7, 11) is 0. The van der Waals surface area contributed by atoms with Gasteiger partial charge in [0.15, 0.2) is 23.2 Å². The van der Waals surface area contributed by atoms with E-state index in [2.05, 4.69) is 27.3 Å². The maximum absolute atomic E-state index is 10.1. The number of hydrogen-bond donors (Lipinski definition) is 4. The van der Waals surface area contributed by atoms with Crippen molar-refractivity contribution < 1.29 is 14.9 Å². The van der Waals surface area contributed by atoms with Crippen LogP contribution in [0.5, 0.6) is 0 Å². The highest BCUT2D eigenvalue weighted by atomic mass is 16.5. The number of ether oxygens (including phenoxy) is 1. The normalized spacial score (nSPS) is 25.4. The molecule has 0 aromatic carbocycles. The van der Waals surface area contributed by atoms with Gasteiger partial charge >= 0.3 is 0 Å². The minimum atomic E-state index is -1.03. The Hall–Kier alpha value is -2.45. The number of nitrogens with two attached hydrogens (primary N) is 2. The van der Waals surface area contributed by atoms with E-state index in [4.69, 9.17) is 16.2 Å². The van der Waals surface area contributed by atoms with Crippen LogP contribution in [-0.4, -0.2) is 48.5 Å². The van der Waals surface area contributed by atoms with Gasteiger partial charge < -0.3 is 26.4 Å². The van der Waals surface area contributed by atoms with Crippen LogP contribution in [0.3, 0.4) is 0 Å². The van der Waals surface area contributed by atoms with Crippen LogP contribution in [0.15, 0.2) is 24.2 Å². The number of rotatable bonds is 2. The number of aliphatic hydroxyl groups excluding tert-OH is 2. The van der Waals surface area contributed by atoms with Crippen molar-refractivity contribution in [2.45, 2.75) is 18.4 Å². The predicted molar refractivity (Wildman–Crippen MR) is 73.8 cm³/mol. The van der Waals surface area contributed by atoms with E-state index in [1.54, 1.807) is 0 Å².